The van der Waals surface area contributed by atoms with E-state index in [1.54, 1.807) is 7.11 Å². The fourth-order valence-corrected chi connectivity index (χ4v) is 3.32. The van der Waals surface area contributed by atoms with Crippen LogP contribution < -0.4 is 5.32 Å². The van der Waals surface area contributed by atoms with Crippen LogP contribution in [0.4, 0.5) is 0 Å². The molecule has 0 radical (unpaired) electrons. The lowest BCUT2D eigenvalue weighted by Crippen LogP contribution is -2.46. The molecule has 0 heterocycles. The molecule has 0 amide bonds. The fraction of sp³-hybridized carbons (Fsp3) is 1.00. The highest BCUT2D eigenvalue weighted by molar-refractivity contribution is 4.93. The van der Waals surface area contributed by atoms with Crippen LogP contribution >= 0.6 is 0 Å². The molecule has 2 atom stereocenters. The number of rotatable bonds is 7. The normalized spacial score (nSPS) is 23.2. The largest absolute Gasteiger partial charge is 0.385 e. The summed E-state index contributed by atoms with van der Waals surface area (Å²) in [6.45, 7) is 9.03. The smallest absolute Gasteiger partial charge is 0.0465 e. The van der Waals surface area contributed by atoms with Crippen molar-refractivity contribution in [1.82, 2.24) is 5.32 Å². The molecule has 0 aromatic carbocycles. The van der Waals surface area contributed by atoms with Crippen LogP contribution in [0, 0.1) is 11.3 Å². The SMILES string of the molecule is CCNC(C(C)CCOC)C1(C)CCCC1. The maximum absolute atomic E-state index is 5.21. The molecule has 96 valence electrons. The third kappa shape index (κ3) is 3.46. The zero-order chi connectivity index (χ0) is 12.0. The molecule has 1 fully saturated rings. The van der Waals surface area contributed by atoms with Crippen LogP contribution in [0.1, 0.15) is 52.9 Å². The Balaban J connectivity index is 2.57. The van der Waals surface area contributed by atoms with E-state index in [0.717, 1.165) is 13.2 Å². The van der Waals surface area contributed by atoms with Crippen LogP contribution in [0.2, 0.25) is 0 Å². The van der Waals surface area contributed by atoms with Crippen LogP contribution in [0.25, 0.3) is 0 Å². The predicted molar refractivity (Wildman–Crippen MR) is 69.7 cm³/mol. The summed E-state index contributed by atoms with van der Waals surface area (Å²) in [7, 11) is 1.80. The van der Waals surface area contributed by atoms with Gasteiger partial charge in [-0.25, -0.2) is 0 Å². The zero-order valence-corrected chi connectivity index (χ0v) is 11.5. The van der Waals surface area contributed by atoms with E-state index >= 15 is 0 Å². The lowest BCUT2D eigenvalue weighted by Gasteiger charge is -2.39. The van der Waals surface area contributed by atoms with Gasteiger partial charge in [0.15, 0.2) is 0 Å². The summed E-state index contributed by atoms with van der Waals surface area (Å²) in [5, 5.41) is 3.72. The summed E-state index contributed by atoms with van der Waals surface area (Å²) in [5.41, 5.74) is 0.517. The molecule has 0 saturated heterocycles. The second-order valence-corrected chi connectivity index (χ2v) is 5.66. The van der Waals surface area contributed by atoms with Gasteiger partial charge in [-0.05, 0) is 37.1 Å². The van der Waals surface area contributed by atoms with E-state index in [2.05, 4.69) is 26.1 Å². The van der Waals surface area contributed by atoms with Gasteiger partial charge >= 0.3 is 0 Å². The molecule has 1 N–H and O–H groups in total. The number of methoxy groups -OCH3 is 1. The first-order valence-corrected chi connectivity index (χ1v) is 6.86. The Bertz CT molecular complexity index is 187. The van der Waals surface area contributed by atoms with Crippen molar-refractivity contribution in [2.24, 2.45) is 11.3 Å². The Hall–Kier alpha value is -0.0800. The molecule has 1 aliphatic rings. The minimum Gasteiger partial charge on any atom is -0.385 e. The van der Waals surface area contributed by atoms with Crippen molar-refractivity contribution in [3.63, 3.8) is 0 Å². The van der Waals surface area contributed by atoms with Gasteiger partial charge in [0.25, 0.3) is 0 Å². The Morgan fingerprint density at radius 2 is 1.94 bits per heavy atom. The van der Waals surface area contributed by atoms with E-state index in [0.29, 0.717) is 17.4 Å². The van der Waals surface area contributed by atoms with Crippen molar-refractivity contribution in [3.05, 3.63) is 0 Å². The molecule has 0 aromatic rings. The van der Waals surface area contributed by atoms with Crippen LogP contribution in [0.15, 0.2) is 0 Å². The van der Waals surface area contributed by atoms with Gasteiger partial charge in [-0.3, -0.25) is 0 Å². The van der Waals surface area contributed by atoms with E-state index in [-0.39, 0.29) is 0 Å². The molecular formula is C14H29NO. The van der Waals surface area contributed by atoms with Crippen molar-refractivity contribution in [2.45, 2.75) is 58.9 Å². The third-order valence-corrected chi connectivity index (χ3v) is 4.27. The zero-order valence-electron chi connectivity index (χ0n) is 11.5. The van der Waals surface area contributed by atoms with Crippen LogP contribution in [0.3, 0.4) is 0 Å². The maximum atomic E-state index is 5.21. The van der Waals surface area contributed by atoms with Crippen LogP contribution in [-0.4, -0.2) is 26.3 Å². The molecule has 1 aliphatic carbocycles. The van der Waals surface area contributed by atoms with Gasteiger partial charge in [0.2, 0.25) is 0 Å². The predicted octanol–water partition coefficient (Wildman–Crippen LogP) is 3.22. The van der Waals surface area contributed by atoms with E-state index in [9.17, 15) is 0 Å². The molecule has 0 aliphatic heterocycles. The first-order chi connectivity index (χ1) is 7.64. The summed E-state index contributed by atoms with van der Waals surface area (Å²) in [6, 6.07) is 0.662. The Morgan fingerprint density at radius 3 is 2.44 bits per heavy atom. The van der Waals surface area contributed by atoms with E-state index in [1.165, 1.54) is 32.1 Å². The Morgan fingerprint density at radius 1 is 1.31 bits per heavy atom. The Labute approximate surface area is 101 Å². The minimum atomic E-state index is 0.517. The molecule has 16 heavy (non-hydrogen) atoms. The van der Waals surface area contributed by atoms with Crippen molar-refractivity contribution in [2.75, 3.05) is 20.3 Å². The second-order valence-electron chi connectivity index (χ2n) is 5.66. The molecule has 0 spiro atoms. The molecule has 2 nitrogen and oxygen atoms in total. The van der Waals surface area contributed by atoms with Gasteiger partial charge in [0.05, 0.1) is 0 Å². The topological polar surface area (TPSA) is 21.3 Å². The van der Waals surface area contributed by atoms with Gasteiger partial charge in [0, 0.05) is 19.8 Å². The molecule has 0 aromatic heterocycles. The first-order valence-electron chi connectivity index (χ1n) is 6.86. The number of hydrogen-bond donors (Lipinski definition) is 1. The number of hydrogen-bond acceptors (Lipinski definition) is 2. The van der Waals surface area contributed by atoms with E-state index in [1.807, 2.05) is 0 Å². The summed E-state index contributed by atoms with van der Waals surface area (Å²) >= 11 is 0. The minimum absolute atomic E-state index is 0.517. The average Bonchev–Trinajstić information content (AvgIpc) is 2.70. The highest BCUT2D eigenvalue weighted by atomic mass is 16.5. The van der Waals surface area contributed by atoms with Gasteiger partial charge in [-0.1, -0.05) is 33.6 Å². The Kier molecular flexibility index (Phi) is 5.77. The van der Waals surface area contributed by atoms with Gasteiger partial charge in [0.1, 0.15) is 0 Å². The summed E-state index contributed by atoms with van der Waals surface area (Å²) in [4.78, 5) is 0. The van der Waals surface area contributed by atoms with Crippen molar-refractivity contribution in [3.8, 4) is 0 Å². The maximum Gasteiger partial charge on any atom is 0.0465 e. The summed E-state index contributed by atoms with van der Waals surface area (Å²) < 4.78 is 5.21. The summed E-state index contributed by atoms with van der Waals surface area (Å²) in [6.07, 6.45) is 6.78. The fourth-order valence-electron chi connectivity index (χ4n) is 3.32. The second kappa shape index (κ2) is 6.61. The molecule has 2 unspecified atom stereocenters. The van der Waals surface area contributed by atoms with E-state index < -0.39 is 0 Å². The molecule has 1 saturated carbocycles. The van der Waals surface area contributed by atoms with Crippen molar-refractivity contribution in [1.29, 1.82) is 0 Å². The molecule has 1 rings (SSSR count). The standard InChI is InChI=1S/C14H29NO/c1-5-15-13(12(2)8-11-16-4)14(3)9-6-7-10-14/h12-13,15H,5-11H2,1-4H3. The van der Waals surface area contributed by atoms with Crippen molar-refractivity contribution >= 4 is 0 Å². The lowest BCUT2D eigenvalue weighted by atomic mass is 9.74. The highest BCUT2D eigenvalue weighted by Gasteiger charge is 2.38. The monoisotopic (exact) mass is 227 g/mol. The first kappa shape index (κ1) is 14.0. The van der Waals surface area contributed by atoms with Crippen molar-refractivity contribution < 1.29 is 4.74 Å². The molecule has 0 bridgehead atoms. The van der Waals surface area contributed by atoms with Crippen LogP contribution in [-0.2, 0) is 4.74 Å². The van der Waals surface area contributed by atoms with Gasteiger partial charge in [-0.15, -0.1) is 0 Å². The number of nitrogens with one attached hydrogen (secondary N) is 1. The lowest BCUT2D eigenvalue weighted by molar-refractivity contribution is 0.125. The number of ether oxygens (including phenoxy) is 1. The third-order valence-electron chi connectivity index (χ3n) is 4.27. The highest BCUT2D eigenvalue weighted by Crippen LogP contribution is 2.43. The molecule has 2 heteroatoms. The van der Waals surface area contributed by atoms with E-state index in [4.69, 9.17) is 4.74 Å². The molecular weight excluding hydrogens is 198 g/mol. The van der Waals surface area contributed by atoms with Gasteiger partial charge in [-0.2, -0.15) is 0 Å². The average molecular weight is 227 g/mol. The van der Waals surface area contributed by atoms with Crippen LogP contribution in [0.5, 0.6) is 0 Å². The quantitative estimate of drug-likeness (QED) is 0.721. The summed E-state index contributed by atoms with van der Waals surface area (Å²) in [5.74, 6) is 0.711. The van der Waals surface area contributed by atoms with Gasteiger partial charge < -0.3 is 10.1 Å².